The van der Waals surface area contributed by atoms with Crippen molar-refractivity contribution in [3.05, 3.63) is 58.9 Å². The van der Waals surface area contributed by atoms with E-state index in [0.717, 1.165) is 11.4 Å². The average Bonchev–Trinajstić information content (AvgIpc) is 2.29. The van der Waals surface area contributed by atoms with E-state index in [4.69, 9.17) is 0 Å². The molecule has 0 saturated heterocycles. The number of aliphatic imine (C=N–C) groups is 1. The van der Waals surface area contributed by atoms with Gasteiger partial charge in [0.2, 0.25) is 0 Å². The largest absolute Gasteiger partial charge is 2.00 e. The molecular weight excluding hydrogens is 267 g/mol. The zero-order valence-corrected chi connectivity index (χ0v) is 11.7. The molecule has 1 aromatic carbocycles. The van der Waals surface area contributed by atoms with Gasteiger partial charge in [0.25, 0.3) is 0 Å². The Kier molecular flexibility index (Phi) is 5.24. The van der Waals surface area contributed by atoms with Gasteiger partial charge in [-0.2, -0.15) is 0 Å². The van der Waals surface area contributed by atoms with Crippen LogP contribution < -0.4 is 0 Å². The van der Waals surface area contributed by atoms with Gasteiger partial charge in [-0.05, 0) is 44.0 Å². The monoisotopic (exact) mass is 282 g/mol. The van der Waals surface area contributed by atoms with E-state index in [1.807, 2.05) is 24.4 Å². The molecule has 0 aliphatic carbocycles. The SMILES string of the molecule is Cc1cc(C)c(N=Cc2ccccn2)c(C)c1.[Ni+2]. The number of aromatic nitrogens is 1. The Bertz CT molecular complexity index is 525. The van der Waals surface area contributed by atoms with E-state index in [1.54, 1.807) is 6.20 Å². The molecule has 2 rings (SSSR count). The summed E-state index contributed by atoms with van der Waals surface area (Å²) in [5.41, 5.74) is 5.61. The molecule has 0 radical (unpaired) electrons. The number of benzene rings is 1. The zero-order chi connectivity index (χ0) is 12.3. The van der Waals surface area contributed by atoms with Gasteiger partial charge in [-0.1, -0.05) is 23.8 Å². The molecule has 0 amide bonds. The van der Waals surface area contributed by atoms with Gasteiger partial charge in [0.15, 0.2) is 0 Å². The van der Waals surface area contributed by atoms with Crippen LogP contribution in [0.1, 0.15) is 22.4 Å². The van der Waals surface area contributed by atoms with Gasteiger partial charge in [0.1, 0.15) is 0 Å². The Labute approximate surface area is 118 Å². The van der Waals surface area contributed by atoms with Crippen LogP contribution in [0.3, 0.4) is 0 Å². The molecule has 0 aliphatic rings. The van der Waals surface area contributed by atoms with E-state index < -0.39 is 0 Å². The maximum atomic E-state index is 4.53. The fourth-order valence-corrected chi connectivity index (χ4v) is 1.96. The molecule has 0 aliphatic heterocycles. The smallest absolute Gasteiger partial charge is 0.255 e. The summed E-state index contributed by atoms with van der Waals surface area (Å²) in [6.45, 7) is 6.28. The Balaban J connectivity index is 0.00000162. The summed E-state index contributed by atoms with van der Waals surface area (Å²) in [4.78, 5) is 8.75. The molecule has 0 saturated carbocycles. The topological polar surface area (TPSA) is 25.2 Å². The Morgan fingerprint density at radius 3 is 2.28 bits per heavy atom. The zero-order valence-electron chi connectivity index (χ0n) is 10.8. The fourth-order valence-electron chi connectivity index (χ4n) is 1.96. The molecule has 0 fully saturated rings. The standard InChI is InChI=1S/C15H16N2.Ni/c1-11-8-12(2)15(13(3)9-11)17-10-14-6-4-5-7-16-14;/h4-10H,1-3H3;/q;+2. The summed E-state index contributed by atoms with van der Waals surface area (Å²) in [6.07, 6.45) is 3.58. The minimum atomic E-state index is 0. The summed E-state index contributed by atoms with van der Waals surface area (Å²) >= 11 is 0. The molecule has 2 nitrogen and oxygen atoms in total. The quantitative estimate of drug-likeness (QED) is 0.608. The van der Waals surface area contributed by atoms with Crippen molar-refractivity contribution < 1.29 is 16.5 Å². The van der Waals surface area contributed by atoms with Crippen molar-refractivity contribution in [2.75, 3.05) is 0 Å². The van der Waals surface area contributed by atoms with Gasteiger partial charge in [0.05, 0.1) is 17.6 Å². The van der Waals surface area contributed by atoms with E-state index in [2.05, 4.69) is 42.9 Å². The van der Waals surface area contributed by atoms with E-state index in [1.165, 1.54) is 16.7 Å². The number of rotatable bonds is 2. The van der Waals surface area contributed by atoms with Crippen LogP contribution in [-0.2, 0) is 16.5 Å². The number of aryl methyl sites for hydroxylation is 3. The first-order chi connectivity index (χ1) is 8.16. The fraction of sp³-hybridized carbons (Fsp3) is 0.200. The molecule has 0 spiro atoms. The Morgan fingerprint density at radius 2 is 1.72 bits per heavy atom. The third kappa shape index (κ3) is 3.51. The molecule has 0 atom stereocenters. The minimum absolute atomic E-state index is 0. The van der Waals surface area contributed by atoms with Gasteiger partial charge in [0, 0.05) is 6.20 Å². The van der Waals surface area contributed by atoms with Gasteiger partial charge >= 0.3 is 16.5 Å². The second-order valence-electron chi connectivity index (χ2n) is 4.26. The summed E-state index contributed by atoms with van der Waals surface area (Å²) in [7, 11) is 0. The van der Waals surface area contributed by atoms with Crippen LogP contribution in [0.2, 0.25) is 0 Å². The maximum absolute atomic E-state index is 4.53. The van der Waals surface area contributed by atoms with E-state index in [-0.39, 0.29) is 16.5 Å². The minimum Gasteiger partial charge on any atom is -0.255 e. The van der Waals surface area contributed by atoms with Crippen LogP contribution in [0.15, 0.2) is 41.5 Å². The average molecular weight is 283 g/mol. The second kappa shape index (κ2) is 6.46. The first-order valence-corrected chi connectivity index (χ1v) is 5.70. The summed E-state index contributed by atoms with van der Waals surface area (Å²) in [6, 6.07) is 10.1. The molecule has 0 N–H and O–H groups in total. The number of nitrogens with zero attached hydrogens (tertiary/aromatic N) is 2. The number of pyridine rings is 1. The van der Waals surface area contributed by atoms with Gasteiger partial charge in [-0.3, -0.25) is 9.98 Å². The van der Waals surface area contributed by atoms with Crippen molar-refractivity contribution in [2.24, 2.45) is 4.99 Å². The van der Waals surface area contributed by atoms with Crippen LogP contribution >= 0.6 is 0 Å². The summed E-state index contributed by atoms with van der Waals surface area (Å²) in [5, 5.41) is 0. The number of hydrogen-bond acceptors (Lipinski definition) is 2. The molecular formula is C15H16N2Ni+2. The van der Waals surface area contributed by atoms with Crippen molar-refractivity contribution in [3.8, 4) is 0 Å². The van der Waals surface area contributed by atoms with Gasteiger partial charge < -0.3 is 0 Å². The summed E-state index contributed by atoms with van der Waals surface area (Å²) < 4.78 is 0. The molecule has 1 aromatic heterocycles. The van der Waals surface area contributed by atoms with Crippen molar-refractivity contribution >= 4 is 11.9 Å². The normalized spacial score (nSPS) is 10.4. The Morgan fingerprint density at radius 1 is 1.06 bits per heavy atom. The third-order valence-electron chi connectivity index (χ3n) is 2.65. The van der Waals surface area contributed by atoms with E-state index in [0.29, 0.717) is 0 Å². The first-order valence-electron chi connectivity index (χ1n) is 5.70. The van der Waals surface area contributed by atoms with Crippen molar-refractivity contribution in [1.82, 2.24) is 4.98 Å². The van der Waals surface area contributed by atoms with Gasteiger partial charge in [-0.25, -0.2) is 0 Å². The first kappa shape index (κ1) is 14.6. The van der Waals surface area contributed by atoms with Crippen LogP contribution in [-0.4, -0.2) is 11.2 Å². The van der Waals surface area contributed by atoms with E-state index in [9.17, 15) is 0 Å². The Hall–Kier alpha value is -1.47. The molecule has 0 unspecified atom stereocenters. The number of hydrogen-bond donors (Lipinski definition) is 0. The van der Waals surface area contributed by atoms with Crippen LogP contribution in [0.25, 0.3) is 0 Å². The predicted molar refractivity (Wildman–Crippen MR) is 72.1 cm³/mol. The summed E-state index contributed by atoms with van der Waals surface area (Å²) in [5.74, 6) is 0. The molecule has 3 heteroatoms. The molecule has 2 aromatic rings. The predicted octanol–water partition coefficient (Wildman–Crippen LogP) is 3.75. The van der Waals surface area contributed by atoms with E-state index >= 15 is 0 Å². The van der Waals surface area contributed by atoms with Crippen LogP contribution in [0.5, 0.6) is 0 Å². The van der Waals surface area contributed by atoms with Crippen molar-refractivity contribution in [3.63, 3.8) is 0 Å². The van der Waals surface area contributed by atoms with Crippen LogP contribution in [0.4, 0.5) is 5.69 Å². The molecule has 94 valence electrons. The second-order valence-corrected chi connectivity index (χ2v) is 4.26. The third-order valence-corrected chi connectivity index (χ3v) is 2.65. The molecule has 0 bridgehead atoms. The van der Waals surface area contributed by atoms with Crippen LogP contribution in [0, 0.1) is 20.8 Å². The molecule has 18 heavy (non-hydrogen) atoms. The maximum Gasteiger partial charge on any atom is 2.00 e. The van der Waals surface area contributed by atoms with Gasteiger partial charge in [-0.15, -0.1) is 0 Å². The van der Waals surface area contributed by atoms with Crippen molar-refractivity contribution in [1.29, 1.82) is 0 Å². The molecule has 1 heterocycles. The van der Waals surface area contributed by atoms with Crippen molar-refractivity contribution in [2.45, 2.75) is 20.8 Å².